The Morgan fingerprint density at radius 1 is 1.58 bits per heavy atom. The van der Waals surface area contributed by atoms with Crippen molar-refractivity contribution in [1.29, 1.82) is 0 Å². The lowest BCUT2D eigenvalue weighted by molar-refractivity contribution is 0.0934. The molecule has 0 atom stereocenters. The highest BCUT2D eigenvalue weighted by atomic mass is 16.3. The smallest absolute Gasteiger partial charge is 0.254 e. The largest absolute Gasteiger partial charge is 0.396 e. The molecule has 1 amide bonds. The average Bonchev–Trinajstić information content (AvgIpc) is 3.07. The molecule has 0 unspecified atom stereocenters. The van der Waals surface area contributed by atoms with Gasteiger partial charge in [0, 0.05) is 24.2 Å². The summed E-state index contributed by atoms with van der Waals surface area (Å²) in [6, 6.07) is 0. The van der Waals surface area contributed by atoms with Gasteiger partial charge in [-0.25, -0.2) is 0 Å². The van der Waals surface area contributed by atoms with Gasteiger partial charge in [-0.15, -0.1) is 0 Å². The summed E-state index contributed by atoms with van der Waals surface area (Å²) in [6.07, 6.45) is 3.62. The van der Waals surface area contributed by atoms with E-state index in [-0.39, 0.29) is 17.9 Å². The van der Waals surface area contributed by atoms with Crippen LogP contribution in [0.25, 0.3) is 0 Å². The Kier molecular flexibility index (Phi) is 3.94. The zero-order chi connectivity index (χ0) is 14.0. The lowest BCUT2D eigenvalue weighted by Crippen LogP contribution is -2.32. The number of rotatable bonds is 6. The number of aromatic nitrogens is 2. The number of carbonyl (C=O) groups is 1. The Labute approximate surface area is 114 Å². The minimum Gasteiger partial charge on any atom is -0.396 e. The van der Waals surface area contributed by atoms with Crippen LogP contribution in [0.2, 0.25) is 0 Å². The fourth-order valence-electron chi connectivity index (χ4n) is 2.13. The van der Waals surface area contributed by atoms with E-state index >= 15 is 0 Å². The summed E-state index contributed by atoms with van der Waals surface area (Å²) in [5.41, 5.74) is 1.48. The van der Waals surface area contributed by atoms with Gasteiger partial charge in [0.15, 0.2) is 0 Å². The van der Waals surface area contributed by atoms with Crippen LogP contribution in [-0.4, -0.2) is 33.9 Å². The number of aliphatic hydroxyl groups is 1. The van der Waals surface area contributed by atoms with E-state index in [1.165, 1.54) is 0 Å². The summed E-state index contributed by atoms with van der Waals surface area (Å²) >= 11 is 0. The Morgan fingerprint density at radius 2 is 2.26 bits per heavy atom. The van der Waals surface area contributed by atoms with Crippen LogP contribution in [-0.2, 0) is 6.54 Å². The molecule has 0 radical (unpaired) electrons. The predicted octanol–water partition coefficient (Wildman–Crippen LogP) is 1.35. The first-order valence-corrected chi connectivity index (χ1v) is 6.89. The molecule has 1 aliphatic rings. The maximum absolute atomic E-state index is 12.1. The van der Waals surface area contributed by atoms with Crippen LogP contribution in [0, 0.1) is 18.3 Å². The number of hydrogen-bond acceptors (Lipinski definition) is 3. The van der Waals surface area contributed by atoms with Gasteiger partial charge in [-0.3, -0.25) is 9.48 Å². The topological polar surface area (TPSA) is 67.2 Å². The molecule has 106 valence electrons. The number of carbonyl (C=O) groups excluding carboxylic acids is 1. The van der Waals surface area contributed by atoms with Crippen molar-refractivity contribution in [3.05, 3.63) is 17.5 Å². The van der Waals surface area contributed by atoms with Crippen molar-refractivity contribution in [3.8, 4) is 0 Å². The van der Waals surface area contributed by atoms with Crippen molar-refractivity contribution in [3.63, 3.8) is 0 Å². The van der Waals surface area contributed by atoms with Gasteiger partial charge in [-0.1, -0.05) is 13.8 Å². The van der Waals surface area contributed by atoms with Crippen LogP contribution in [0.4, 0.5) is 0 Å². The van der Waals surface area contributed by atoms with E-state index in [1.54, 1.807) is 6.20 Å². The van der Waals surface area contributed by atoms with E-state index in [0.717, 1.165) is 25.1 Å². The minimum atomic E-state index is -0.0905. The van der Waals surface area contributed by atoms with Crippen LogP contribution in [0.15, 0.2) is 6.20 Å². The molecule has 1 aromatic rings. The van der Waals surface area contributed by atoms with Gasteiger partial charge in [0.1, 0.15) is 0 Å². The first-order chi connectivity index (χ1) is 8.97. The van der Waals surface area contributed by atoms with Crippen LogP contribution in [0.5, 0.6) is 0 Å². The molecule has 1 heterocycles. The van der Waals surface area contributed by atoms with Crippen LogP contribution in [0.3, 0.4) is 0 Å². The standard InChI is InChI=1S/C14H23N3O2/c1-10(2)7-17-11(3)12(6-16-17)13(19)15-8-14(9-18)4-5-14/h6,10,18H,4-5,7-9H2,1-3H3,(H,15,19). The van der Waals surface area contributed by atoms with Crippen molar-refractivity contribution < 1.29 is 9.90 Å². The molecule has 1 aromatic heterocycles. The molecular formula is C14H23N3O2. The van der Waals surface area contributed by atoms with Crippen molar-refractivity contribution in [2.24, 2.45) is 11.3 Å². The molecule has 1 aliphatic carbocycles. The zero-order valence-electron chi connectivity index (χ0n) is 11.9. The van der Waals surface area contributed by atoms with E-state index < -0.39 is 0 Å². The Hall–Kier alpha value is -1.36. The molecule has 0 aromatic carbocycles. The molecule has 5 heteroatoms. The number of nitrogens with one attached hydrogen (secondary N) is 1. The molecule has 0 bridgehead atoms. The minimum absolute atomic E-state index is 0.0580. The maximum atomic E-state index is 12.1. The molecule has 1 fully saturated rings. The Balaban J connectivity index is 1.97. The maximum Gasteiger partial charge on any atom is 0.254 e. The van der Waals surface area contributed by atoms with Crippen LogP contribution < -0.4 is 5.32 Å². The highest BCUT2D eigenvalue weighted by molar-refractivity contribution is 5.95. The highest BCUT2D eigenvalue weighted by Crippen LogP contribution is 2.44. The number of amides is 1. The molecule has 2 rings (SSSR count). The van der Waals surface area contributed by atoms with Crippen molar-refractivity contribution in [2.75, 3.05) is 13.2 Å². The van der Waals surface area contributed by atoms with Gasteiger partial charge in [-0.05, 0) is 25.7 Å². The van der Waals surface area contributed by atoms with E-state index in [9.17, 15) is 9.90 Å². The summed E-state index contributed by atoms with van der Waals surface area (Å²) in [5.74, 6) is 0.408. The number of nitrogens with zero attached hydrogens (tertiary/aromatic N) is 2. The average molecular weight is 265 g/mol. The lowest BCUT2D eigenvalue weighted by Gasteiger charge is -2.12. The quantitative estimate of drug-likeness (QED) is 0.816. The van der Waals surface area contributed by atoms with Gasteiger partial charge in [0.25, 0.3) is 5.91 Å². The zero-order valence-corrected chi connectivity index (χ0v) is 11.9. The first kappa shape index (κ1) is 14.1. The molecule has 1 saturated carbocycles. The summed E-state index contributed by atoms with van der Waals surface area (Å²) in [6.45, 7) is 7.69. The van der Waals surface area contributed by atoms with Crippen LogP contribution >= 0.6 is 0 Å². The van der Waals surface area contributed by atoms with Crippen molar-refractivity contribution in [2.45, 2.75) is 40.2 Å². The summed E-state index contributed by atoms with van der Waals surface area (Å²) in [5, 5.41) is 16.4. The van der Waals surface area contributed by atoms with E-state index in [2.05, 4.69) is 24.3 Å². The Bertz CT molecular complexity index is 461. The molecular weight excluding hydrogens is 242 g/mol. The second-order valence-corrected chi connectivity index (χ2v) is 6.06. The van der Waals surface area contributed by atoms with Crippen molar-refractivity contribution in [1.82, 2.24) is 15.1 Å². The molecule has 0 spiro atoms. The second-order valence-electron chi connectivity index (χ2n) is 6.06. The highest BCUT2D eigenvalue weighted by Gasteiger charge is 2.42. The third-order valence-electron chi connectivity index (χ3n) is 3.80. The van der Waals surface area contributed by atoms with Gasteiger partial charge in [0.05, 0.1) is 18.4 Å². The lowest BCUT2D eigenvalue weighted by atomic mass is 10.1. The molecule has 5 nitrogen and oxygen atoms in total. The second kappa shape index (κ2) is 5.33. The predicted molar refractivity (Wildman–Crippen MR) is 72.9 cm³/mol. The summed E-state index contributed by atoms with van der Waals surface area (Å²) < 4.78 is 1.87. The summed E-state index contributed by atoms with van der Waals surface area (Å²) in [7, 11) is 0. The first-order valence-electron chi connectivity index (χ1n) is 6.89. The van der Waals surface area contributed by atoms with Crippen molar-refractivity contribution >= 4 is 5.91 Å². The van der Waals surface area contributed by atoms with Gasteiger partial charge in [0.2, 0.25) is 0 Å². The third kappa shape index (κ3) is 3.15. The van der Waals surface area contributed by atoms with Gasteiger partial charge in [-0.2, -0.15) is 5.10 Å². The number of aliphatic hydroxyl groups excluding tert-OH is 1. The number of hydrogen-bond donors (Lipinski definition) is 2. The van der Waals surface area contributed by atoms with Gasteiger partial charge < -0.3 is 10.4 Å². The SMILES string of the molecule is Cc1c(C(=O)NCC2(CO)CC2)cnn1CC(C)C. The normalized spacial score (nSPS) is 16.7. The third-order valence-corrected chi connectivity index (χ3v) is 3.80. The van der Waals surface area contributed by atoms with E-state index in [0.29, 0.717) is 18.0 Å². The van der Waals surface area contributed by atoms with Crippen LogP contribution in [0.1, 0.15) is 42.7 Å². The fraction of sp³-hybridized carbons (Fsp3) is 0.714. The fourth-order valence-corrected chi connectivity index (χ4v) is 2.13. The van der Waals surface area contributed by atoms with Gasteiger partial charge >= 0.3 is 0 Å². The van der Waals surface area contributed by atoms with E-state index in [4.69, 9.17) is 0 Å². The molecule has 0 aliphatic heterocycles. The molecule has 2 N–H and O–H groups in total. The monoisotopic (exact) mass is 265 g/mol. The summed E-state index contributed by atoms with van der Waals surface area (Å²) in [4.78, 5) is 12.1. The molecule has 19 heavy (non-hydrogen) atoms. The van der Waals surface area contributed by atoms with E-state index in [1.807, 2.05) is 11.6 Å². The molecule has 0 saturated heterocycles. The Morgan fingerprint density at radius 3 is 2.79 bits per heavy atom.